The summed E-state index contributed by atoms with van der Waals surface area (Å²) >= 11 is 0. The molecule has 1 saturated heterocycles. The summed E-state index contributed by atoms with van der Waals surface area (Å²) in [6.45, 7) is 12.5. The van der Waals surface area contributed by atoms with Crippen LogP contribution in [0, 0.1) is 5.92 Å². The topological polar surface area (TPSA) is 85.4 Å². The van der Waals surface area contributed by atoms with Gasteiger partial charge in [-0.3, -0.25) is 19.3 Å². The van der Waals surface area contributed by atoms with Crippen molar-refractivity contribution in [2.45, 2.75) is 252 Å². The quantitative estimate of drug-likeness (QED) is 0.0341. The molecule has 348 valence electrons. The summed E-state index contributed by atoms with van der Waals surface area (Å²) < 4.78 is 17.3. The predicted octanol–water partition coefficient (Wildman–Crippen LogP) is 13.6. The molecule has 0 saturated carbocycles. The van der Waals surface area contributed by atoms with Crippen LogP contribution in [-0.2, 0) is 28.6 Å². The Balaban J connectivity index is 2.34. The molecule has 1 unspecified atom stereocenters. The number of unbranched alkanes of at least 4 members (excludes halogenated alkanes) is 24. The highest BCUT2D eigenvalue weighted by molar-refractivity contribution is 5.70. The number of likely N-dealkylation sites (tertiary alicyclic amines) is 1. The Morgan fingerprint density at radius 3 is 1.47 bits per heavy atom. The third kappa shape index (κ3) is 36.7. The smallest absolute Gasteiger partial charge is 0.306 e. The van der Waals surface area contributed by atoms with E-state index in [0.29, 0.717) is 38.4 Å². The first-order chi connectivity index (χ1) is 28.9. The van der Waals surface area contributed by atoms with E-state index in [0.717, 1.165) is 116 Å². The van der Waals surface area contributed by atoms with Crippen LogP contribution >= 0.6 is 0 Å². The normalized spacial score (nSPS) is 14.4. The summed E-state index contributed by atoms with van der Waals surface area (Å²) in [7, 11) is 2.12. The highest BCUT2D eigenvalue weighted by Crippen LogP contribution is 2.20. The Hall–Kier alpha value is -1.67. The van der Waals surface area contributed by atoms with E-state index in [2.05, 4.69) is 37.6 Å². The number of esters is 3. The molecular formula is C51H98N2O6. The number of rotatable bonds is 44. The summed E-state index contributed by atoms with van der Waals surface area (Å²) in [5.41, 5.74) is 0. The standard InChI is InChI=1S/C51H98N2O6/c1-5-8-11-14-17-18-19-25-33-43-57-49(54)36-30-26-32-40-53(42-44-58-51(56)45-47-38-41-52(4)46-47)39-31-24-20-23-29-37-50(55)59-48(34-27-21-15-12-9-6-2)35-28-22-16-13-10-7-3/h47-48H,5-46H2,1-4H3. The van der Waals surface area contributed by atoms with Crippen molar-refractivity contribution in [1.29, 1.82) is 0 Å². The van der Waals surface area contributed by atoms with E-state index in [1.54, 1.807) is 0 Å². The molecule has 1 fully saturated rings. The zero-order valence-electron chi connectivity index (χ0n) is 39.7. The van der Waals surface area contributed by atoms with Crippen LogP contribution in [0.5, 0.6) is 0 Å². The molecule has 8 nitrogen and oxygen atoms in total. The number of hydrogen-bond donors (Lipinski definition) is 0. The molecule has 0 aromatic carbocycles. The molecule has 0 spiro atoms. The maximum Gasteiger partial charge on any atom is 0.306 e. The predicted molar refractivity (Wildman–Crippen MR) is 248 cm³/mol. The van der Waals surface area contributed by atoms with Crippen molar-refractivity contribution >= 4 is 17.9 Å². The van der Waals surface area contributed by atoms with Crippen LogP contribution in [0.25, 0.3) is 0 Å². The van der Waals surface area contributed by atoms with Gasteiger partial charge in [-0.2, -0.15) is 0 Å². The Morgan fingerprint density at radius 1 is 0.508 bits per heavy atom. The number of ether oxygens (including phenoxy) is 3. The molecule has 0 bridgehead atoms. The van der Waals surface area contributed by atoms with Crippen molar-refractivity contribution in [3.05, 3.63) is 0 Å². The molecule has 8 heteroatoms. The molecule has 0 aromatic heterocycles. The minimum absolute atomic E-state index is 0.000273. The van der Waals surface area contributed by atoms with Gasteiger partial charge < -0.3 is 19.1 Å². The van der Waals surface area contributed by atoms with Gasteiger partial charge in [0.1, 0.15) is 12.7 Å². The summed E-state index contributed by atoms with van der Waals surface area (Å²) in [5, 5.41) is 0. The Kier molecular flexibility index (Phi) is 39.1. The Morgan fingerprint density at radius 2 is 0.949 bits per heavy atom. The first kappa shape index (κ1) is 55.3. The minimum atomic E-state index is -0.0687. The van der Waals surface area contributed by atoms with Crippen molar-refractivity contribution in [3.8, 4) is 0 Å². The number of carbonyl (C=O) groups excluding carboxylic acids is 3. The Bertz CT molecular complexity index is 947. The second-order valence-electron chi connectivity index (χ2n) is 18.3. The van der Waals surface area contributed by atoms with Gasteiger partial charge in [0.25, 0.3) is 0 Å². The van der Waals surface area contributed by atoms with Crippen molar-refractivity contribution in [2.24, 2.45) is 5.92 Å². The van der Waals surface area contributed by atoms with E-state index < -0.39 is 0 Å². The van der Waals surface area contributed by atoms with Gasteiger partial charge in [0.2, 0.25) is 0 Å². The van der Waals surface area contributed by atoms with Crippen LogP contribution in [0.1, 0.15) is 245 Å². The molecule has 0 N–H and O–H groups in total. The first-order valence-electron chi connectivity index (χ1n) is 25.8. The molecule has 0 amide bonds. The molecule has 0 aliphatic carbocycles. The molecule has 1 aliphatic heterocycles. The van der Waals surface area contributed by atoms with E-state index in [1.165, 1.54) is 122 Å². The molecular weight excluding hydrogens is 737 g/mol. The van der Waals surface area contributed by atoms with Gasteiger partial charge in [-0.05, 0) is 96.8 Å². The molecule has 1 atom stereocenters. The molecule has 0 radical (unpaired) electrons. The number of nitrogens with zero attached hydrogens (tertiary/aromatic N) is 2. The van der Waals surface area contributed by atoms with Crippen LogP contribution in [0.3, 0.4) is 0 Å². The van der Waals surface area contributed by atoms with E-state index in [-0.39, 0.29) is 24.0 Å². The fourth-order valence-corrected chi connectivity index (χ4v) is 8.51. The van der Waals surface area contributed by atoms with E-state index in [1.807, 2.05) is 0 Å². The molecule has 1 aliphatic rings. The minimum Gasteiger partial charge on any atom is -0.466 e. The lowest BCUT2D eigenvalue weighted by Gasteiger charge is -2.22. The van der Waals surface area contributed by atoms with E-state index in [4.69, 9.17) is 14.2 Å². The summed E-state index contributed by atoms with van der Waals surface area (Å²) in [5.74, 6) is 0.288. The largest absolute Gasteiger partial charge is 0.466 e. The van der Waals surface area contributed by atoms with Crippen LogP contribution in [0.15, 0.2) is 0 Å². The van der Waals surface area contributed by atoms with Crippen LogP contribution in [0.4, 0.5) is 0 Å². The van der Waals surface area contributed by atoms with Crippen molar-refractivity contribution in [1.82, 2.24) is 9.80 Å². The molecule has 1 rings (SSSR count). The second kappa shape index (κ2) is 41.7. The first-order valence-corrected chi connectivity index (χ1v) is 25.8. The van der Waals surface area contributed by atoms with Gasteiger partial charge in [0.15, 0.2) is 0 Å². The molecule has 59 heavy (non-hydrogen) atoms. The third-order valence-corrected chi connectivity index (χ3v) is 12.4. The van der Waals surface area contributed by atoms with Gasteiger partial charge in [0, 0.05) is 32.4 Å². The van der Waals surface area contributed by atoms with Gasteiger partial charge in [0.05, 0.1) is 6.61 Å². The lowest BCUT2D eigenvalue weighted by atomic mass is 10.0. The highest BCUT2D eigenvalue weighted by Gasteiger charge is 2.23. The van der Waals surface area contributed by atoms with Crippen LogP contribution in [0.2, 0.25) is 0 Å². The van der Waals surface area contributed by atoms with Gasteiger partial charge in [-0.1, -0.05) is 162 Å². The van der Waals surface area contributed by atoms with E-state index >= 15 is 0 Å². The third-order valence-electron chi connectivity index (χ3n) is 12.4. The summed E-state index contributed by atoms with van der Waals surface area (Å²) in [6.07, 6.45) is 39.6. The fraction of sp³-hybridized carbons (Fsp3) is 0.941. The zero-order chi connectivity index (χ0) is 42.9. The summed E-state index contributed by atoms with van der Waals surface area (Å²) in [4.78, 5) is 42.4. The van der Waals surface area contributed by atoms with Crippen molar-refractivity contribution in [3.63, 3.8) is 0 Å². The molecule has 0 aromatic rings. The number of hydrogen-bond acceptors (Lipinski definition) is 8. The van der Waals surface area contributed by atoms with E-state index in [9.17, 15) is 14.4 Å². The Labute approximate surface area is 365 Å². The zero-order valence-corrected chi connectivity index (χ0v) is 39.7. The van der Waals surface area contributed by atoms with Crippen LogP contribution < -0.4 is 0 Å². The average molecular weight is 835 g/mol. The van der Waals surface area contributed by atoms with Crippen molar-refractivity contribution < 1.29 is 28.6 Å². The highest BCUT2D eigenvalue weighted by atomic mass is 16.5. The van der Waals surface area contributed by atoms with Gasteiger partial charge in [-0.15, -0.1) is 0 Å². The second-order valence-corrected chi connectivity index (χ2v) is 18.3. The molecule has 1 heterocycles. The van der Waals surface area contributed by atoms with Crippen molar-refractivity contribution in [2.75, 3.05) is 53.0 Å². The average Bonchev–Trinajstić information content (AvgIpc) is 3.63. The maximum atomic E-state index is 12.9. The SMILES string of the molecule is CCCCCCCCCCCOC(=O)CCCCCN(CCCCCCCC(=O)OC(CCCCCCCC)CCCCCCCC)CCOC(=O)CC1CCN(C)C1. The maximum absolute atomic E-state index is 12.9. The lowest BCUT2D eigenvalue weighted by molar-refractivity contribution is -0.150. The summed E-state index contributed by atoms with van der Waals surface area (Å²) in [6, 6.07) is 0. The number of carbonyl (C=O) groups is 3. The monoisotopic (exact) mass is 835 g/mol. The van der Waals surface area contributed by atoms with Gasteiger partial charge >= 0.3 is 17.9 Å². The fourth-order valence-electron chi connectivity index (χ4n) is 8.51. The van der Waals surface area contributed by atoms with Crippen LogP contribution in [-0.4, -0.2) is 86.8 Å². The lowest BCUT2D eigenvalue weighted by Crippen LogP contribution is -2.31. The van der Waals surface area contributed by atoms with Gasteiger partial charge in [-0.25, -0.2) is 0 Å².